The maximum Gasteiger partial charge on any atom is 0.241 e. The van der Waals surface area contributed by atoms with E-state index >= 15 is 0 Å². The number of nitrogens with one attached hydrogen (secondary N) is 1. The van der Waals surface area contributed by atoms with Gasteiger partial charge in [-0.2, -0.15) is 0 Å². The molecule has 1 saturated heterocycles. The highest BCUT2D eigenvalue weighted by Gasteiger charge is 2.26. The molecule has 3 rings (SSSR count). The van der Waals surface area contributed by atoms with Gasteiger partial charge in [0.2, 0.25) is 15.9 Å². The van der Waals surface area contributed by atoms with Gasteiger partial charge in [-0.15, -0.1) is 0 Å². The Kier molecular flexibility index (Phi) is 7.34. The Hall–Kier alpha value is -1.74. The largest absolute Gasteiger partial charge is 0.370 e. The Morgan fingerprint density at radius 3 is 2.43 bits per heavy atom. The van der Waals surface area contributed by atoms with E-state index < -0.39 is 10.0 Å². The Labute approximate surface area is 186 Å². The minimum absolute atomic E-state index is 0.0637. The topological polar surface area (TPSA) is 75.7 Å². The molecule has 0 aromatic heterocycles. The summed E-state index contributed by atoms with van der Waals surface area (Å²) in [6.45, 7) is 7.00. The van der Waals surface area contributed by atoms with Gasteiger partial charge in [0.05, 0.1) is 18.0 Å². The molecule has 0 radical (unpaired) electrons. The Balaban J connectivity index is 1.58. The first kappa shape index (κ1) is 22.9. The zero-order valence-corrected chi connectivity index (χ0v) is 19.8. The van der Waals surface area contributed by atoms with Crippen molar-refractivity contribution in [2.24, 2.45) is 0 Å². The highest BCUT2D eigenvalue weighted by Crippen LogP contribution is 2.24. The summed E-state index contributed by atoms with van der Waals surface area (Å²) in [5.41, 5.74) is 3.45. The van der Waals surface area contributed by atoms with Crippen LogP contribution in [0.15, 0.2) is 45.8 Å². The molecule has 30 heavy (non-hydrogen) atoms. The van der Waals surface area contributed by atoms with Crippen LogP contribution in [0.3, 0.4) is 0 Å². The Bertz CT molecular complexity index is 999. The van der Waals surface area contributed by atoms with Crippen molar-refractivity contribution in [2.45, 2.75) is 38.2 Å². The van der Waals surface area contributed by atoms with E-state index in [0.717, 1.165) is 15.6 Å². The predicted molar refractivity (Wildman–Crippen MR) is 120 cm³/mol. The Morgan fingerprint density at radius 1 is 1.17 bits per heavy atom. The summed E-state index contributed by atoms with van der Waals surface area (Å²) >= 11 is 3.42. The molecule has 2 aromatic rings. The normalized spacial score (nSPS) is 17.2. The van der Waals surface area contributed by atoms with Gasteiger partial charge in [-0.3, -0.25) is 4.79 Å². The quantitative estimate of drug-likeness (QED) is 0.664. The molecule has 0 spiro atoms. The first-order valence-corrected chi connectivity index (χ1v) is 12.2. The fourth-order valence-electron chi connectivity index (χ4n) is 3.87. The molecule has 1 unspecified atom stereocenters. The molecule has 162 valence electrons. The first-order valence-electron chi connectivity index (χ1n) is 9.90. The van der Waals surface area contributed by atoms with E-state index in [4.69, 9.17) is 4.74 Å². The average molecular weight is 495 g/mol. The lowest BCUT2D eigenvalue weighted by atomic mass is 10.1. The van der Waals surface area contributed by atoms with Crippen LogP contribution in [0.25, 0.3) is 0 Å². The fraction of sp³-hybridized carbons (Fsp3) is 0.409. The van der Waals surface area contributed by atoms with Gasteiger partial charge in [0, 0.05) is 24.0 Å². The van der Waals surface area contributed by atoms with Gasteiger partial charge in [-0.1, -0.05) is 45.8 Å². The van der Waals surface area contributed by atoms with Gasteiger partial charge in [0.15, 0.2) is 0 Å². The minimum Gasteiger partial charge on any atom is -0.370 e. The number of sulfonamides is 1. The molecule has 1 heterocycles. The van der Waals surface area contributed by atoms with Crippen molar-refractivity contribution in [3.63, 3.8) is 0 Å². The number of halogens is 1. The molecule has 2 aromatic carbocycles. The van der Waals surface area contributed by atoms with Crippen molar-refractivity contribution < 1.29 is 17.9 Å². The Morgan fingerprint density at radius 2 is 1.80 bits per heavy atom. The van der Waals surface area contributed by atoms with E-state index in [0.29, 0.717) is 35.7 Å². The number of hydrogen-bond acceptors (Lipinski definition) is 4. The number of morpholine rings is 1. The van der Waals surface area contributed by atoms with Crippen LogP contribution < -0.4 is 4.72 Å². The molecule has 0 bridgehead atoms. The van der Waals surface area contributed by atoms with E-state index in [9.17, 15) is 13.2 Å². The molecule has 8 heteroatoms. The number of rotatable bonds is 6. The minimum atomic E-state index is -3.67. The van der Waals surface area contributed by atoms with Crippen LogP contribution in [0.5, 0.6) is 0 Å². The molecule has 0 saturated carbocycles. The third kappa shape index (κ3) is 5.49. The van der Waals surface area contributed by atoms with E-state index in [2.05, 4.69) is 20.7 Å². The standard InChI is InChI=1S/C22H27BrN2O4S/c1-15-12-16(2)22(17(3)13-15)30(27,28)24-9-8-21(26)25-10-11-29-20(14-25)18-4-6-19(23)7-5-18/h4-7,12-13,20,24H,8-11,14H2,1-3H3. The van der Waals surface area contributed by atoms with E-state index in [1.54, 1.807) is 18.7 Å². The maximum atomic E-state index is 12.7. The lowest BCUT2D eigenvalue weighted by Crippen LogP contribution is -2.43. The summed E-state index contributed by atoms with van der Waals surface area (Å²) in [5, 5.41) is 0. The summed E-state index contributed by atoms with van der Waals surface area (Å²) in [6, 6.07) is 11.5. The highest BCUT2D eigenvalue weighted by molar-refractivity contribution is 9.10. The van der Waals surface area contributed by atoms with Crippen LogP contribution in [0.4, 0.5) is 0 Å². The van der Waals surface area contributed by atoms with Gasteiger partial charge in [-0.05, 0) is 49.6 Å². The van der Waals surface area contributed by atoms with Crippen molar-refractivity contribution in [3.8, 4) is 0 Å². The van der Waals surface area contributed by atoms with Crippen LogP contribution >= 0.6 is 15.9 Å². The lowest BCUT2D eigenvalue weighted by Gasteiger charge is -2.33. The summed E-state index contributed by atoms with van der Waals surface area (Å²) in [4.78, 5) is 14.7. The third-order valence-corrected chi connectivity index (χ3v) is 7.46. The van der Waals surface area contributed by atoms with Crippen LogP contribution in [-0.4, -0.2) is 45.5 Å². The van der Waals surface area contributed by atoms with Crippen LogP contribution in [0.2, 0.25) is 0 Å². The molecule has 0 aliphatic carbocycles. The molecule has 1 amide bonds. The number of aryl methyl sites for hydroxylation is 3. The number of nitrogens with zero attached hydrogens (tertiary/aromatic N) is 1. The number of benzene rings is 2. The molecular formula is C22H27BrN2O4S. The lowest BCUT2D eigenvalue weighted by molar-refractivity contribution is -0.138. The third-order valence-electron chi connectivity index (χ3n) is 5.17. The number of carbonyl (C=O) groups is 1. The van der Waals surface area contributed by atoms with Crippen LogP contribution in [-0.2, 0) is 19.6 Å². The molecule has 6 nitrogen and oxygen atoms in total. The zero-order valence-electron chi connectivity index (χ0n) is 17.4. The number of ether oxygens (including phenoxy) is 1. The summed E-state index contributed by atoms with van der Waals surface area (Å²) in [6.07, 6.45) is -0.0682. The van der Waals surface area contributed by atoms with E-state index in [1.165, 1.54) is 0 Å². The second kappa shape index (κ2) is 9.60. The van der Waals surface area contributed by atoms with Gasteiger partial charge in [0.1, 0.15) is 6.10 Å². The number of amides is 1. The van der Waals surface area contributed by atoms with Crippen molar-refractivity contribution in [3.05, 3.63) is 63.1 Å². The fourth-order valence-corrected chi connectivity index (χ4v) is 5.61. The van der Waals surface area contributed by atoms with Gasteiger partial charge in [-0.25, -0.2) is 13.1 Å². The smallest absolute Gasteiger partial charge is 0.241 e. The summed E-state index contributed by atoms with van der Waals surface area (Å²) in [5.74, 6) is -0.0829. The average Bonchev–Trinajstić information content (AvgIpc) is 2.67. The van der Waals surface area contributed by atoms with Crippen LogP contribution in [0.1, 0.15) is 34.8 Å². The molecule has 1 fully saturated rings. The molecule has 1 aliphatic rings. The van der Waals surface area contributed by atoms with Crippen molar-refractivity contribution >= 4 is 31.9 Å². The number of carbonyl (C=O) groups excluding carboxylic acids is 1. The predicted octanol–water partition coefficient (Wildman–Crippen LogP) is 3.64. The molecule has 1 N–H and O–H groups in total. The molecular weight excluding hydrogens is 468 g/mol. The van der Waals surface area contributed by atoms with Crippen molar-refractivity contribution in [1.29, 1.82) is 0 Å². The van der Waals surface area contributed by atoms with Crippen LogP contribution in [0, 0.1) is 20.8 Å². The van der Waals surface area contributed by atoms with E-state index in [1.807, 2.05) is 43.3 Å². The van der Waals surface area contributed by atoms with Gasteiger partial charge in [0.25, 0.3) is 0 Å². The van der Waals surface area contributed by atoms with E-state index in [-0.39, 0.29) is 25.0 Å². The summed E-state index contributed by atoms with van der Waals surface area (Å²) in [7, 11) is -3.67. The monoisotopic (exact) mass is 494 g/mol. The second-order valence-corrected chi connectivity index (χ2v) is 10.2. The molecule has 1 aliphatic heterocycles. The first-order chi connectivity index (χ1) is 14.2. The highest BCUT2D eigenvalue weighted by atomic mass is 79.9. The SMILES string of the molecule is Cc1cc(C)c(S(=O)(=O)NCCC(=O)N2CCOC(c3ccc(Br)cc3)C2)c(C)c1. The van der Waals surface area contributed by atoms with Crippen molar-refractivity contribution in [1.82, 2.24) is 9.62 Å². The van der Waals surface area contributed by atoms with Gasteiger partial charge < -0.3 is 9.64 Å². The molecule has 1 atom stereocenters. The zero-order chi connectivity index (χ0) is 21.9. The number of hydrogen-bond donors (Lipinski definition) is 1. The second-order valence-electron chi connectivity index (χ2n) is 7.63. The maximum absolute atomic E-state index is 12.7. The van der Waals surface area contributed by atoms with Gasteiger partial charge >= 0.3 is 0 Å². The van der Waals surface area contributed by atoms with Crippen molar-refractivity contribution in [2.75, 3.05) is 26.2 Å². The summed E-state index contributed by atoms with van der Waals surface area (Å²) < 4.78 is 34.9.